The van der Waals surface area contributed by atoms with Crippen LogP contribution in [0.25, 0.3) is 6.08 Å². The third kappa shape index (κ3) is 4.20. The van der Waals surface area contributed by atoms with Crippen LogP contribution < -0.4 is 0 Å². The molecule has 0 aliphatic carbocycles. The summed E-state index contributed by atoms with van der Waals surface area (Å²) in [5, 5.41) is 0.0530. The van der Waals surface area contributed by atoms with Gasteiger partial charge in [-0.3, -0.25) is 0 Å². The normalized spacial score (nSPS) is 9.75. The van der Waals surface area contributed by atoms with E-state index in [0.717, 1.165) is 0 Å². The van der Waals surface area contributed by atoms with Gasteiger partial charge in [-0.2, -0.15) is 15.0 Å². The quantitative estimate of drug-likeness (QED) is 0.765. The Morgan fingerprint density at radius 1 is 1.06 bits per heavy atom. The summed E-state index contributed by atoms with van der Waals surface area (Å²) in [4.78, 5) is 11.4. The van der Waals surface area contributed by atoms with Crippen molar-refractivity contribution in [2.75, 3.05) is 13.2 Å². The van der Waals surface area contributed by atoms with Gasteiger partial charge in [0.1, 0.15) is 0 Å². The molecule has 1 aromatic rings. The summed E-state index contributed by atoms with van der Waals surface area (Å²) < 4.78 is 10.4. The molecule has 0 fully saturated rings. The molecule has 7 heteroatoms. The lowest BCUT2D eigenvalue weighted by molar-refractivity contribution is 0.0507. The highest BCUT2D eigenvalue weighted by Crippen LogP contribution is 2.10. The second kappa shape index (κ2) is 6.50. The van der Waals surface area contributed by atoms with E-state index in [-0.39, 0.29) is 10.6 Å². The Labute approximate surface area is 103 Å². The summed E-state index contributed by atoms with van der Waals surface area (Å²) in [5.74, 6) is 0.616. The molecule has 0 aliphatic heterocycles. The van der Waals surface area contributed by atoms with Gasteiger partial charge in [-0.05, 0) is 37.0 Å². The van der Waals surface area contributed by atoms with Crippen LogP contribution in [0.2, 0.25) is 10.6 Å². The second-order valence-electron chi connectivity index (χ2n) is 2.56. The first kappa shape index (κ1) is 13.0. The number of hydrogen-bond donors (Lipinski definition) is 0. The predicted octanol–water partition coefficient (Wildman–Crippen LogP) is 2.55. The van der Waals surface area contributed by atoms with Crippen molar-refractivity contribution in [3.8, 4) is 0 Å². The Morgan fingerprint density at radius 3 is 2.00 bits per heavy atom. The molecule has 0 spiro atoms. The average Bonchev–Trinajstić information content (AvgIpc) is 2.16. The zero-order valence-electron chi connectivity index (χ0n) is 8.91. The van der Waals surface area contributed by atoms with Crippen molar-refractivity contribution in [1.82, 2.24) is 15.0 Å². The zero-order chi connectivity index (χ0) is 12.0. The first-order chi connectivity index (χ1) is 7.65. The molecule has 1 rings (SSSR count). The molecule has 88 valence electrons. The molecule has 0 unspecified atom stereocenters. The molecule has 0 aliphatic rings. The van der Waals surface area contributed by atoms with Gasteiger partial charge < -0.3 is 9.47 Å². The molecule has 0 atom stereocenters. The van der Waals surface area contributed by atoms with Gasteiger partial charge in [-0.15, -0.1) is 0 Å². The van der Waals surface area contributed by atoms with Crippen molar-refractivity contribution < 1.29 is 9.47 Å². The van der Waals surface area contributed by atoms with E-state index in [2.05, 4.69) is 15.0 Å². The Kier molecular flexibility index (Phi) is 5.28. The minimum Gasteiger partial charge on any atom is -0.466 e. The van der Waals surface area contributed by atoms with Crippen LogP contribution in [0.4, 0.5) is 0 Å². The molecular formula is C9H11Cl2N3O2. The van der Waals surface area contributed by atoms with Gasteiger partial charge in [0.2, 0.25) is 10.6 Å². The number of halogens is 2. The van der Waals surface area contributed by atoms with Gasteiger partial charge in [0.05, 0.1) is 19.3 Å². The fourth-order valence-electron chi connectivity index (χ4n) is 0.920. The fourth-order valence-corrected chi connectivity index (χ4v) is 1.30. The monoisotopic (exact) mass is 263 g/mol. The third-order valence-electron chi connectivity index (χ3n) is 1.42. The molecule has 0 amide bonds. The second-order valence-corrected chi connectivity index (χ2v) is 3.24. The van der Waals surface area contributed by atoms with E-state index >= 15 is 0 Å². The summed E-state index contributed by atoms with van der Waals surface area (Å²) in [5.41, 5.74) is 0. The van der Waals surface area contributed by atoms with Crippen LogP contribution in [0.3, 0.4) is 0 Å². The minimum absolute atomic E-state index is 0.0265. The van der Waals surface area contributed by atoms with Crippen LogP contribution in [-0.2, 0) is 9.47 Å². The van der Waals surface area contributed by atoms with Gasteiger partial charge >= 0.3 is 0 Å². The van der Waals surface area contributed by atoms with Crippen LogP contribution in [0.15, 0.2) is 5.95 Å². The summed E-state index contributed by atoms with van der Waals surface area (Å²) in [6.07, 6.45) is 1.51. The van der Waals surface area contributed by atoms with Crippen molar-refractivity contribution in [1.29, 1.82) is 0 Å². The molecule has 1 heterocycles. The summed E-state index contributed by atoms with van der Waals surface area (Å²) in [6, 6.07) is 0. The lowest BCUT2D eigenvalue weighted by atomic mass is 10.5. The minimum atomic E-state index is 0.0265. The number of aromatic nitrogens is 3. The number of ether oxygens (including phenoxy) is 2. The molecule has 0 radical (unpaired) electrons. The molecule has 0 saturated carbocycles. The lowest BCUT2D eigenvalue weighted by Gasteiger charge is -2.07. The van der Waals surface area contributed by atoms with Crippen LogP contribution in [0.5, 0.6) is 0 Å². The van der Waals surface area contributed by atoms with Crippen LogP contribution in [-0.4, -0.2) is 28.2 Å². The maximum Gasteiger partial charge on any atom is 0.282 e. The predicted molar refractivity (Wildman–Crippen MR) is 61.1 cm³/mol. The SMILES string of the molecule is CCOC(=Cc1nc(Cl)nc(Cl)n1)OCC. The topological polar surface area (TPSA) is 57.1 Å². The Morgan fingerprint density at radius 2 is 1.56 bits per heavy atom. The summed E-state index contributed by atoms with van der Waals surface area (Å²) in [6.45, 7) is 4.66. The molecule has 0 aromatic carbocycles. The van der Waals surface area contributed by atoms with Gasteiger partial charge in [-0.25, -0.2) is 0 Å². The molecule has 1 aromatic heterocycles. The largest absolute Gasteiger partial charge is 0.466 e. The molecule has 0 N–H and O–H groups in total. The number of rotatable bonds is 5. The maximum atomic E-state index is 5.63. The number of hydrogen-bond acceptors (Lipinski definition) is 5. The fraction of sp³-hybridized carbons (Fsp3) is 0.444. The molecule has 0 bridgehead atoms. The molecule has 16 heavy (non-hydrogen) atoms. The van der Waals surface area contributed by atoms with E-state index in [1.165, 1.54) is 6.08 Å². The van der Waals surface area contributed by atoms with E-state index in [1.807, 2.05) is 13.8 Å². The van der Waals surface area contributed by atoms with Gasteiger partial charge in [0.25, 0.3) is 5.95 Å². The zero-order valence-corrected chi connectivity index (χ0v) is 10.4. The Balaban J connectivity index is 2.92. The molecule has 5 nitrogen and oxygen atoms in total. The van der Waals surface area contributed by atoms with Gasteiger partial charge in [-0.1, -0.05) is 0 Å². The van der Waals surface area contributed by atoms with Crippen LogP contribution in [0.1, 0.15) is 19.7 Å². The van der Waals surface area contributed by atoms with E-state index in [4.69, 9.17) is 32.7 Å². The van der Waals surface area contributed by atoms with Crippen molar-refractivity contribution in [3.63, 3.8) is 0 Å². The Bertz CT molecular complexity index is 357. The van der Waals surface area contributed by atoms with Crippen molar-refractivity contribution in [3.05, 3.63) is 22.3 Å². The van der Waals surface area contributed by atoms with Crippen molar-refractivity contribution >= 4 is 29.3 Å². The van der Waals surface area contributed by atoms with Gasteiger partial charge in [0, 0.05) is 0 Å². The van der Waals surface area contributed by atoms with Crippen LogP contribution >= 0.6 is 23.2 Å². The summed E-state index contributed by atoms with van der Waals surface area (Å²) in [7, 11) is 0. The molecular weight excluding hydrogens is 253 g/mol. The van der Waals surface area contributed by atoms with E-state index in [9.17, 15) is 0 Å². The first-order valence-corrected chi connectivity index (χ1v) is 5.45. The van der Waals surface area contributed by atoms with E-state index in [1.54, 1.807) is 0 Å². The molecule has 0 saturated heterocycles. The highest BCUT2D eigenvalue weighted by Gasteiger charge is 2.04. The standard InChI is InChI=1S/C9H11Cl2N3O2/c1-3-15-7(16-4-2)5-6-12-8(10)14-9(11)13-6/h5H,3-4H2,1-2H3. The van der Waals surface area contributed by atoms with Crippen LogP contribution in [0, 0.1) is 0 Å². The highest BCUT2D eigenvalue weighted by atomic mass is 35.5. The third-order valence-corrected chi connectivity index (χ3v) is 1.76. The lowest BCUT2D eigenvalue weighted by Crippen LogP contribution is -2.00. The number of nitrogens with zero attached hydrogens (tertiary/aromatic N) is 3. The van der Waals surface area contributed by atoms with Crippen molar-refractivity contribution in [2.24, 2.45) is 0 Å². The van der Waals surface area contributed by atoms with E-state index in [0.29, 0.717) is 25.0 Å². The Hall–Kier alpha value is -1.07. The highest BCUT2D eigenvalue weighted by molar-refractivity contribution is 6.31. The first-order valence-electron chi connectivity index (χ1n) is 4.70. The average molecular weight is 264 g/mol. The maximum absolute atomic E-state index is 5.63. The summed E-state index contributed by atoms with van der Waals surface area (Å²) >= 11 is 11.3. The van der Waals surface area contributed by atoms with Gasteiger partial charge in [0.15, 0.2) is 5.82 Å². The van der Waals surface area contributed by atoms with E-state index < -0.39 is 0 Å². The van der Waals surface area contributed by atoms with Crippen molar-refractivity contribution in [2.45, 2.75) is 13.8 Å². The smallest absolute Gasteiger partial charge is 0.282 e.